The van der Waals surface area contributed by atoms with Crippen LogP contribution in [0.3, 0.4) is 0 Å². The summed E-state index contributed by atoms with van der Waals surface area (Å²) >= 11 is 0. The maximum Gasteiger partial charge on any atom is 0.303 e. The highest BCUT2D eigenvalue weighted by molar-refractivity contribution is 5.76. The molecule has 4 aromatic carbocycles. The third-order valence-corrected chi connectivity index (χ3v) is 9.82. The van der Waals surface area contributed by atoms with Crippen LogP contribution in [0.2, 0.25) is 0 Å². The molecule has 2 fully saturated rings. The average Bonchev–Trinajstić information content (AvgIpc) is 3.17. The molecule has 2 heterocycles. The summed E-state index contributed by atoms with van der Waals surface area (Å²) in [5.74, 6) is -0.921. The Bertz CT molecular complexity index is 1690. The molecule has 6 rings (SSSR count). The van der Waals surface area contributed by atoms with Crippen LogP contribution in [0, 0.1) is 0 Å². The van der Waals surface area contributed by atoms with Crippen molar-refractivity contribution in [2.24, 2.45) is 0 Å². The predicted molar refractivity (Wildman–Crippen MR) is 196 cm³/mol. The number of benzene rings is 4. The number of rotatable bonds is 15. The smallest absolute Gasteiger partial charge is 0.303 e. The van der Waals surface area contributed by atoms with Crippen LogP contribution in [0.4, 0.5) is 0 Å². The molecule has 2 aliphatic rings. The van der Waals surface area contributed by atoms with Gasteiger partial charge in [0.05, 0.1) is 18.8 Å². The largest absolute Gasteiger partial charge is 0.481 e. The molecule has 9 nitrogen and oxygen atoms in total. The maximum atomic E-state index is 12.4. The fourth-order valence-electron chi connectivity index (χ4n) is 6.91. The maximum absolute atomic E-state index is 12.4. The SMILES string of the molecule is O=C(O)CCCCC(=O)NCc1ccccc1-c1ccc([C@@H]2O[C@H](CN3CCN(Cc4ccccc4)CC3)C[C@H](c3ccc(CO)cc3)O2)cc1. The topological polar surface area (TPSA) is 112 Å². The van der Waals surface area contributed by atoms with Gasteiger partial charge in [-0.1, -0.05) is 103 Å². The molecule has 3 atom stereocenters. The molecule has 0 saturated carbocycles. The number of piperazine rings is 1. The van der Waals surface area contributed by atoms with E-state index >= 15 is 0 Å². The zero-order valence-electron chi connectivity index (χ0n) is 29.2. The number of carboxylic acids is 1. The molecular formula is C42H49N3O6. The second-order valence-electron chi connectivity index (χ2n) is 13.6. The van der Waals surface area contributed by atoms with Crippen LogP contribution in [-0.2, 0) is 38.8 Å². The van der Waals surface area contributed by atoms with Crippen LogP contribution < -0.4 is 5.32 Å². The molecule has 4 aromatic rings. The van der Waals surface area contributed by atoms with E-state index in [1.54, 1.807) is 0 Å². The molecule has 0 aliphatic carbocycles. The molecule has 1 amide bonds. The number of aliphatic hydroxyl groups is 1. The molecule has 0 bridgehead atoms. The predicted octanol–water partition coefficient (Wildman–Crippen LogP) is 6.47. The highest BCUT2D eigenvalue weighted by atomic mass is 16.7. The molecule has 3 N–H and O–H groups in total. The highest BCUT2D eigenvalue weighted by Crippen LogP contribution is 2.39. The first-order chi connectivity index (χ1) is 24.9. The fourth-order valence-corrected chi connectivity index (χ4v) is 6.91. The zero-order chi connectivity index (χ0) is 35.4. The van der Waals surface area contributed by atoms with Crippen molar-refractivity contribution in [2.75, 3.05) is 32.7 Å². The van der Waals surface area contributed by atoms with E-state index in [0.29, 0.717) is 25.8 Å². The summed E-state index contributed by atoms with van der Waals surface area (Å²) in [6.45, 7) is 6.24. The van der Waals surface area contributed by atoms with Gasteiger partial charge in [0, 0.05) is 70.6 Å². The summed E-state index contributed by atoms with van der Waals surface area (Å²) in [6, 6.07) is 35.0. The Morgan fingerprint density at radius 3 is 2.12 bits per heavy atom. The molecule has 0 spiro atoms. The van der Waals surface area contributed by atoms with Gasteiger partial charge >= 0.3 is 5.97 Å². The quantitative estimate of drug-likeness (QED) is 0.122. The number of hydrogen-bond acceptors (Lipinski definition) is 7. The van der Waals surface area contributed by atoms with E-state index in [1.807, 2.05) is 42.5 Å². The van der Waals surface area contributed by atoms with Gasteiger partial charge in [-0.3, -0.25) is 19.4 Å². The number of hydrogen-bond donors (Lipinski definition) is 3. The summed E-state index contributed by atoms with van der Waals surface area (Å²) in [5, 5.41) is 21.4. The van der Waals surface area contributed by atoms with Crippen molar-refractivity contribution >= 4 is 11.9 Å². The van der Waals surface area contributed by atoms with Crippen molar-refractivity contribution in [3.05, 3.63) is 131 Å². The summed E-state index contributed by atoms with van der Waals surface area (Å²) in [4.78, 5) is 28.2. The summed E-state index contributed by atoms with van der Waals surface area (Å²) < 4.78 is 13.3. The summed E-state index contributed by atoms with van der Waals surface area (Å²) in [7, 11) is 0. The molecule has 9 heteroatoms. The molecule has 2 saturated heterocycles. The van der Waals surface area contributed by atoms with E-state index in [0.717, 1.165) is 79.1 Å². The van der Waals surface area contributed by atoms with Gasteiger partial charge in [-0.2, -0.15) is 0 Å². The Labute approximate surface area is 300 Å². The number of ether oxygens (including phenoxy) is 2. The van der Waals surface area contributed by atoms with Crippen molar-refractivity contribution in [1.82, 2.24) is 15.1 Å². The third kappa shape index (κ3) is 10.6. The van der Waals surface area contributed by atoms with Crippen molar-refractivity contribution < 1.29 is 29.3 Å². The lowest BCUT2D eigenvalue weighted by Crippen LogP contribution is -2.49. The minimum Gasteiger partial charge on any atom is -0.481 e. The number of carbonyl (C=O) groups is 2. The minimum atomic E-state index is -0.839. The van der Waals surface area contributed by atoms with Crippen LogP contribution >= 0.6 is 0 Å². The number of aliphatic carboxylic acids is 1. The van der Waals surface area contributed by atoms with Crippen molar-refractivity contribution in [1.29, 1.82) is 0 Å². The minimum absolute atomic E-state index is 0.00681. The van der Waals surface area contributed by atoms with Gasteiger partial charge in [-0.15, -0.1) is 0 Å². The number of carboxylic acid groups (broad SMARTS) is 1. The van der Waals surface area contributed by atoms with Crippen molar-refractivity contribution in [3.8, 4) is 11.1 Å². The normalized spacial score (nSPS) is 19.8. The van der Waals surface area contributed by atoms with E-state index in [-0.39, 0.29) is 31.1 Å². The number of carbonyl (C=O) groups excluding carboxylic acids is 1. The second-order valence-corrected chi connectivity index (χ2v) is 13.6. The van der Waals surface area contributed by atoms with Gasteiger partial charge in [0.2, 0.25) is 5.91 Å². The third-order valence-electron chi connectivity index (χ3n) is 9.82. The van der Waals surface area contributed by atoms with Gasteiger partial charge < -0.3 is 25.0 Å². The number of aliphatic hydroxyl groups excluding tert-OH is 1. The molecule has 0 unspecified atom stereocenters. The summed E-state index contributed by atoms with van der Waals surface area (Å²) in [5.41, 5.74) is 7.31. The lowest BCUT2D eigenvalue weighted by atomic mass is 9.97. The monoisotopic (exact) mass is 691 g/mol. The highest BCUT2D eigenvalue weighted by Gasteiger charge is 2.34. The Morgan fingerprint density at radius 1 is 0.725 bits per heavy atom. The first-order valence-corrected chi connectivity index (χ1v) is 18.1. The lowest BCUT2D eigenvalue weighted by Gasteiger charge is -2.40. The first-order valence-electron chi connectivity index (χ1n) is 18.1. The standard InChI is InChI=1S/C42H49N3O6/c46-30-32-14-16-34(17-15-32)39-26-37(29-45-24-22-44(23-25-45)28-31-8-2-1-3-9-31)50-42(51-39)35-20-18-33(19-21-35)38-11-5-4-10-36(38)27-43-40(47)12-6-7-13-41(48)49/h1-5,8-11,14-21,37,39,42,46H,6-7,12-13,22-30H2,(H,43,47)(H,48,49)/t37-,39+,42+/m0/s1. The first kappa shape index (κ1) is 36.4. The van der Waals surface area contributed by atoms with Gasteiger partial charge in [-0.05, 0) is 46.2 Å². The van der Waals surface area contributed by atoms with Crippen molar-refractivity contribution in [3.63, 3.8) is 0 Å². The van der Waals surface area contributed by atoms with Crippen molar-refractivity contribution in [2.45, 2.75) is 70.3 Å². The van der Waals surface area contributed by atoms with E-state index < -0.39 is 12.3 Å². The second kappa shape index (κ2) is 18.2. The zero-order valence-corrected chi connectivity index (χ0v) is 29.2. The van der Waals surface area contributed by atoms with Crippen LogP contribution in [0.25, 0.3) is 11.1 Å². The van der Waals surface area contributed by atoms with Crippen LogP contribution in [0.5, 0.6) is 0 Å². The van der Waals surface area contributed by atoms with Crippen LogP contribution in [0.1, 0.15) is 72.3 Å². The van der Waals surface area contributed by atoms with E-state index in [2.05, 4.69) is 75.8 Å². The Kier molecular flexibility index (Phi) is 13.0. The number of unbranched alkanes of at least 4 members (excludes halogenated alkanes) is 1. The molecule has 0 aromatic heterocycles. The van der Waals surface area contributed by atoms with Crippen LogP contribution in [0.15, 0.2) is 103 Å². The summed E-state index contributed by atoms with van der Waals surface area (Å²) in [6.07, 6.45) is 1.48. The van der Waals surface area contributed by atoms with Gasteiger partial charge in [0.25, 0.3) is 0 Å². The molecule has 268 valence electrons. The Hall–Kier alpha value is -4.38. The molecule has 2 aliphatic heterocycles. The van der Waals surface area contributed by atoms with Gasteiger partial charge in [-0.25, -0.2) is 0 Å². The molecular weight excluding hydrogens is 642 g/mol. The van der Waals surface area contributed by atoms with E-state index in [1.165, 1.54) is 5.56 Å². The number of nitrogens with zero attached hydrogens (tertiary/aromatic N) is 2. The average molecular weight is 692 g/mol. The van der Waals surface area contributed by atoms with Gasteiger partial charge in [0.15, 0.2) is 6.29 Å². The Morgan fingerprint density at radius 2 is 1.39 bits per heavy atom. The molecule has 51 heavy (non-hydrogen) atoms. The number of amides is 1. The van der Waals surface area contributed by atoms with E-state index in [4.69, 9.17) is 14.6 Å². The fraction of sp³-hybridized carbons (Fsp3) is 0.381. The van der Waals surface area contributed by atoms with E-state index in [9.17, 15) is 14.7 Å². The lowest BCUT2D eigenvalue weighted by molar-refractivity contribution is -0.253. The molecule has 0 radical (unpaired) electrons. The Balaban J connectivity index is 1.10. The van der Waals surface area contributed by atoms with Gasteiger partial charge in [0.1, 0.15) is 0 Å². The number of nitrogens with one attached hydrogen (secondary N) is 1. The van der Waals surface area contributed by atoms with Crippen LogP contribution in [-0.4, -0.2) is 70.7 Å².